The SMILES string of the molecule is O=C1CCC(O)(c2ccc(-c3cccc4c3Cc3ccccc3-4)nc2)CC1. The highest BCUT2D eigenvalue weighted by Gasteiger charge is 2.34. The first kappa shape index (κ1) is 16.4. The van der Waals surface area contributed by atoms with E-state index in [1.54, 1.807) is 6.20 Å². The molecule has 1 fully saturated rings. The van der Waals surface area contributed by atoms with Gasteiger partial charge in [-0.25, -0.2) is 0 Å². The summed E-state index contributed by atoms with van der Waals surface area (Å²) in [5.74, 6) is 0.240. The number of hydrogen-bond donors (Lipinski definition) is 1. The lowest BCUT2D eigenvalue weighted by Crippen LogP contribution is -2.31. The average Bonchev–Trinajstić information content (AvgIpc) is 3.09. The summed E-state index contributed by atoms with van der Waals surface area (Å²) in [7, 11) is 0. The number of nitrogens with zero attached hydrogens (tertiary/aromatic N) is 1. The molecule has 0 atom stereocenters. The van der Waals surface area contributed by atoms with Gasteiger partial charge in [0.2, 0.25) is 0 Å². The molecule has 134 valence electrons. The van der Waals surface area contributed by atoms with Gasteiger partial charge in [-0.3, -0.25) is 9.78 Å². The third kappa shape index (κ3) is 2.70. The summed E-state index contributed by atoms with van der Waals surface area (Å²) in [4.78, 5) is 16.2. The van der Waals surface area contributed by atoms with E-state index < -0.39 is 5.60 Å². The van der Waals surface area contributed by atoms with Crippen LogP contribution >= 0.6 is 0 Å². The summed E-state index contributed by atoms with van der Waals surface area (Å²) in [6, 6.07) is 18.9. The largest absolute Gasteiger partial charge is 0.385 e. The van der Waals surface area contributed by atoms with Crippen LogP contribution in [-0.4, -0.2) is 15.9 Å². The number of pyridine rings is 1. The lowest BCUT2D eigenvalue weighted by molar-refractivity contribution is -0.125. The Labute approximate surface area is 158 Å². The first-order chi connectivity index (χ1) is 13.1. The van der Waals surface area contributed by atoms with Crippen molar-refractivity contribution in [1.82, 2.24) is 4.98 Å². The fraction of sp³-hybridized carbons (Fsp3) is 0.250. The van der Waals surface area contributed by atoms with E-state index in [-0.39, 0.29) is 5.78 Å². The van der Waals surface area contributed by atoms with Gasteiger partial charge < -0.3 is 5.11 Å². The van der Waals surface area contributed by atoms with Crippen molar-refractivity contribution in [3.05, 3.63) is 77.5 Å². The molecule has 2 aromatic carbocycles. The molecule has 0 saturated heterocycles. The minimum absolute atomic E-state index is 0.240. The molecule has 1 N–H and O–H groups in total. The highest BCUT2D eigenvalue weighted by atomic mass is 16.3. The average molecular weight is 355 g/mol. The number of carbonyl (C=O) groups is 1. The summed E-state index contributed by atoms with van der Waals surface area (Å²) in [6.07, 6.45) is 4.58. The number of rotatable bonds is 2. The predicted molar refractivity (Wildman–Crippen MR) is 105 cm³/mol. The molecule has 0 radical (unpaired) electrons. The maximum Gasteiger partial charge on any atom is 0.133 e. The van der Waals surface area contributed by atoms with Crippen molar-refractivity contribution in [3.8, 4) is 22.4 Å². The van der Waals surface area contributed by atoms with E-state index in [0.717, 1.165) is 23.2 Å². The number of Topliss-reactive ketones (excluding diaryl/α,β-unsaturated/α-hetero) is 1. The van der Waals surface area contributed by atoms with E-state index in [4.69, 9.17) is 0 Å². The van der Waals surface area contributed by atoms with Gasteiger partial charge in [0.1, 0.15) is 5.78 Å². The number of ketones is 1. The highest BCUT2D eigenvalue weighted by Crippen LogP contribution is 2.41. The van der Waals surface area contributed by atoms with Crippen LogP contribution in [0.25, 0.3) is 22.4 Å². The Hall–Kier alpha value is -2.78. The molecule has 1 aromatic heterocycles. The van der Waals surface area contributed by atoms with Gasteiger partial charge in [0.05, 0.1) is 11.3 Å². The van der Waals surface area contributed by atoms with Crippen LogP contribution in [0, 0.1) is 0 Å². The number of aliphatic hydroxyl groups is 1. The fourth-order valence-electron chi connectivity index (χ4n) is 4.46. The molecule has 0 aliphatic heterocycles. The van der Waals surface area contributed by atoms with Crippen molar-refractivity contribution in [2.75, 3.05) is 0 Å². The maximum absolute atomic E-state index is 11.5. The van der Waals surface area contributed by atoms with Gasteiger partial charge in [0.15, 0.2) is 0 Å². The molecule has 1 saturated carbocycles. The molecule has 3 aromatic rings. The Kier molecular flexibility index (Phi) is 3.73. The Balaban J connectivity index is 1.50. The second-order valence-corrected chi connectivity index (χ2v) is 7.67. The summed E-state index contributed by atoms with van der Waals surface area (Å²) in [6.45, 7) is 0. The van der Waals surface area contributed by atoms with Crippen LogP contribution in [0.2, 0.25) is 0 Å². The van der Waals surface area contributed by atoms with Gasteiger partial charge in [-0.2, -0.15) is 0 Å². The van der Waals surface area contributed by atoms with Crippen molar-refractivity contribution in [2.24, 2.45) is 0 Å². The summed E-state index contributed by atoms with van der Waals surface area (Å²) in [5.41, 5.74) is 7.26. The number of fused-ring (bicyclic) bond motifs is 3. The molecule has 0 bridgehead atoms. The van der Waals surface area contributed by atoms with Crippen molar-refractivity contribution in [1.29, 1.82) is 0 Å². The summed E-state index contributed by atoms with van der Waals surface area (Å²) < 4.78 is 0. The van der Waals surface area contributed by atoms with Crippen LogP contribution in [0.4, 0.5) is 0 Å². The second-order valence-electron chi connectivity index (χ2n) is 7.67. The molecular formula is C24H21NO2. The maximum atomic E-state index is 11.5. The third-order valence-corrected chi connectivity index (χ3v) is 6.06. The minimum Gasteiger partial charge on any atom is -0.385 e. The van der Waals surface area contributed by atoms with E-state index in [9.17, 15) is 9.90 Å². The monoisotopic (exact) mass is 355 g/mol. The Morgan fingerprint density at radius 1 is 0.852 bits per heavy atom. The Morgan fingerprint density at radius 3 is 2.37 bits per heavy atom. The van der Waals surface area contributed by atoms with Gasteiger partial charge in [-0.15, -0.1) is 0 Å². The van der Waals surface area contributed by atoms with Crippen LogP contribution in [0.1, 0.15) is 42.4 Å². The molecule has 3 heteroatoms. The molecule has 0 unspecified atom stereocenters. The third-order valence-electron chi connectivity index (χ3n) is 6.06. The second kappa shape index (κ2) is 6.14. The van der Waals surface area contributed by atoms with Gasteiger partial charge in [-0.05, 0) is 47.6 Å². The highest BCUT2D eigenvalue weighted by molar-refractivity contribution is 5.84. The quantitative estimate of drug-likeness (QED) is 0.569. The molecule has 2 aliphatic carbocycles. The molecular weight excluding hydrogens is 334 g/mol. The van der Waals surface area contributed by atoms with Crippen molar-refractivity contribution in [2.45, 2.75) is 37.7 Å². The first-order valence-electron chi connectivity index (χ1n) is 9.55. The molecule has 2 aliphatic rings. The summed E-state index contributed by atoms with van der Waals surface area (Å²) in [5, 5.41) is 10.9. The van der Waals surface area contributed by atoms with Crippen LogP contribution in [0.5, 0.6) is 0 Å². The van der Waals surface area contributed by atoms with Gasteiger partial charge in [0.25, 0.3) is 0 Å². The van der Waals surface area contributed by atoms with Crippen LogP contribution in [-0.2, 0) is 16.8 Å². The summed E-state index contributed by atoms with van der Waals surface area (Å²) >= 11 is 0. The van der Waals surface area contributed by atoms with E-state index in [0.29, 0.717) is 25.7 Å². The number of carbonyl (C=O) groups excluding carboxylic acids is 1. The predicted octanol–water partition coefficient (Wildman–Crippen LogP) is 4.65. The van der Waals surface area contributed by atoms with Crippen LogP contribution < -0.4 is 0 Å². The zero-order valence-corrected chi connectivity index (χ0v) is 15.1. The Morgan fingerprint density at radius 2 is 1.59 bits per heavy atom. The minimum atomic E-state index is -0.922. The van der Waals surface area contributed by atoms with E-state index in [1.165, 1.54) is 22.3 Å². The lowest BCUT2D eigenvalue weighted by Gasteiger charge is -2.31. The molecule has 27 heavy (non-hydrogen) atoms. The van der Waals surface area contributed by atoms with Gasteiger partial charge in [-0.1, -0.05) is 48.5 Å². The molecule has 0 amide bonds. The molecule has 3 nitrogen and oxygen atoms in total. The fourth-order valence-corrected chi connectivity index (χ4v) is 4.46. The van der Waals surface area contributed by atoms with Crippen molar-refractivity contribution in [3.63, 3.8) is 0 Å². The van der Waals surface area contributed by atoms with Crippen molar-refractivity contribution >= 4 is 5.78 Å². The molecule has 5 rings (SSSR count). The number of aromatic nitrogens is 1. The first-order valence-corrected chi connectivity index (χ1v) is 9.55. The normalized spacial score (nSPS) is 17.4. The zero-order chi connectivity index (χ0) is 18.4. The number of benzene rings is 2. The van der Waals surface area contributed by atoms with Crippen LogP contribution in [0.3, 0.4) is 0 Å². The molecule has 1 heterocycles. The van der Waals surface area contributed by atoms with Gasteiger partial charge in [0, 0.05) is 30.2 Å². The van der Waals surface area contributed by atoms with E-state index >= 15 is 0 Å². The van der Waals surface area contributed by atoms with Crippen LogP contribution in [0.15, 0.2) is 60.8 Å². The molecule has 0 spiro atoms. The topological polar surface area (TPSA) is 50.2 Å². The Bertz CT molecular complexity index is 1030. The van der Waals surface area contributed by atoms with Gasteiger partial charge >= 0.3 is 0 Å². The smallest absolute Gasteiger partial charge is 0.133 e. The standard InChI is InChI=1S/C24H21NO2/c26-18-10-12-24(27,13-11-18)17-8-9-23(25-15-17)21-7-3-6-20-19-5-2-1-4-16(19)14-22(20)21/h1-9,15,27H,10-14H2. The van der Waals surface area contributed by atoms with E-state index in [2.05, 4.69) is 47.4 Å². The van der Waals surface area contributed by atoms with Crippen molar-refractivity contribution < 1.29 is 9.90 Å². The van der Waals surface area contributed by atoms with E-state index in [1.807, 2.05) is 12.1 Å². The zero-order valence-electron chi connectivity index (χ0n) is 15.1. The number of hydrogen-bond acceptors (Lipinski definition) is 3. The lowest BCUT2D eigenvalue weighted by atomic mass is 9.80.